The van der Waals surface area contributed by atoms with Crippen LogP contribution in [0.1, 0.15) is 16.7 Å². The lowest BCUT2D eigenvalue weighted by Gasteiger charge is -2.20. The minimum atomic E-state index is 0.583. The van der Waals surface area contributed by atoms with Gasteiger partial charge in [0.25, 0.3) is 0 Å². The van der Waals surface area contributed by atoms with Gasteiger partial charge in [0.05, 0.1) is 12.8 Å². The SMILES string of the molecule is CON=Cc1cc(C)c2c(c1)COCN2. The molecule has 0 spiro atoms. The van der Waals surface area contributed by atoms with E-state index in [-0.39, 0.29) is 0 Å². The van der Waals surface area contributed by atoms with Crippen LogP contribution in [0.4, 0.5) is 5.69 Å². The third-order valence-electron chi connectivity index (χ3n) is 2.36. The summed E-state index contributed by atoms with van der Waals surface area (Å²) in [5.74, 6) is 0. The maximum atomic E-state index is 5.32. The van der Waals surface area contributed by atoms with Crippen LogP contribution in [0.3, 0.4) is 0 Å². The molecular formula is C11H14N2O2. The van der Waals surface area contributed by atoms with Crippen molar-refractivity contribution in [2.75, 3.05) is 19.2 Å². The number of anilines is 1. The van der Waals surface area contributed by atoms with Crippen molar-refractivity contribution in [2.45, 2.75) is 13.5 Å². The van der Waals surface area contributed by atoms with Gasteiger partial charge in [0.2, 0.25) is 0 Å². The first-order chi connectivity index (χ1) is 7.31. The van der Waals surface area contributed by atoms with Gasteiger partial charge >= 0.3 is 0 Å². The van der Waals surface area contributed by atoms with Gasteiger partial charge in [-0.1, -0.05) is 5.16 Å². The third-order valence-corrected chi connectivity index (χ3v) is 2.36. The molecule has 4 heteroatoms. The fraction of sp³-hybridized carbons (Fsp3) is 0.364. The van der Waals surface area contributed by atoms with Crippen molar-refractivity contribution in [2.24, 2.45) is 5.16 Å². The average molecular weight is 206 g/mol. The standard InChI is InChI=1S/C11H14N2O2/c1-8-3-9(5-13-14-2)4-10-6-15-7-12-11(8)10/h3-5,12H,6-7H2,1-2H3. The molecule has 0 atom stereocenters. The summed E-state index contributed by atoms with van der Waals surface area (Å²) in [7, 11) is 1.53. The van der Waals surface area contributed by atoms with E-state index < -0.39 is 0 Å². The van der Waals surface area contributed by atoms with E-state index >= 15 is 0 Å². The summed E-state index contributed by atoms with van der Waals surface area (Å²) in [4.78, 5) is 4.65. The number of aryl methyl sites for hydroxylation is 1. The van der Waals surface area contributed by atoms with Gasteiger partial charge in [-0.3, -0.25) is 0 Å². The van der Waals surface area contributed by atoms with Gasteiger partial charge in [-0.15, -0.1) is 0 Å². The molecule has 1 aromatic rings. The van der Waals surface area contributed by atoms with Gasteiger partial charge in [0.15, 0.2) is 0 Å². The lowest BCUT2D eigenvalue weighted by atomic mass is 10.0. The van der Waals surface area contributed by atoms with Crippen LogP contribution < -0.4 is 5.32 Å². The number of benzene rings is 1. The Bertz CT molecular complexity index is 388. The Morgan fingerprint density at radius 3 is 3.20 bits per heavy atom. The van der Waals surface area contributed by atoms with E-state index in [1.807, 2.05) is 0 Å². The molecule has 0 unspecified atom stereocenters. The summed E-state index contributed by atoms with van der Waals surface area (Å²) >= 11 is 0. The minimum absolute atomic E-state index is 0.583. The van der Waals surface area contributed by atoms with Crippen molar-refractivity contribution < 1.29 is 9.57 Å². The number of rotatable bonds is 2. The summed E-state index contributed by atoms with van der Waals surface area (Å²) in [6.07, 6.45) is 1.70. The van der Waals surface area contributed by atoms with Crippen LogP contribution in [0.5, 0.6) is 0 Å². The Morgan fingerprint density at radius 1 is 1.53 bits per heavy atom. The molecule has 0 fully saturated rings. The molecule has 0 bridgehead atoms. The number of nitrogens with zero attached hydrogens (tertiary/aromatic N) is 1. The molecular weight excluding hydrogens is 192 g/mol. The number of oxime groups is 1. The van der Waals surface area contributed by atoms with Gasteiger partial charge in [0, 0.05) is 11.3 Å². The average Bonchev–Trinajstić information content (AvgIpc) is 2.26. The Labute approximate surface area is 88.9 Å². The van der Waals surface area contributed by atoms with Crippen LogP contribution in [0, 0.1) is 6.92 Å². The van der Waals surface area contributed by atoms with E-state index in [0.29, 0.717) is 13.3 Å². The van der Waals surface area contributed by atoms with Crippen LogP contribution in [0.25, 0.3) is 0 Å². The van der Waals surface area contributed by atoms with E-state index in [0.717, 1.165) is 5.56 Å². The summed E-state index contributed by atoms with van der Waals surface area (Å²) in [5, 5.41) is 6.96. The number of nitrogens with one attached hydrogen (secondary N) is 1. The fourth-order valence-corrected chi connectivity index (χ4v) is 1.73. The Hall–Kier alpha value is -1.55. The van der Waals surface area contributed by atoms with E-state index in [1.165, 1.54) is 23.9 Å². The highest BCUT2D eigenvalue weighted by atomic mass is 16.6. The third kappa shape index (κ3) is 2.10. The smallest absolute Gasteiger partial charge is 0.116 e. The molecule has 1 aromatic carbocycles. The molecule has 1 aliphatic heterocycles. The second-order valence-electron chi connectivity index (χ2n) is 3.46. The molecule has 4 nitrogen and oxygen atoms in total. The summed E-state index contributed by atoms with van der Waals surface area (Å²) in [6, 6.07) is 4.12. The normalized spacial score (nSPS) is 14.8. The number of hydrogen-bond donors (Lipinski definition) is 1. The van der Waals surface area contributed by atoms with Crippen molar-refractivity contribution in [1.82, 2.24) is 0 Å². The monoisotopic (exact) mass is 206 g/mol. The van der Waals surface area contributed by atoms with Crippen LogP contribution in [0.2, 0.25) is 0 Å². The Kier molecular flexibility index (Phi) is 2.87. The number of ether oxygens (including phenoxy) is 1. The molecule has 0 aliphatic carbocycles. The molecule has 1 aliphatic rings. The van der Waals surface area contributed by atoms with E-state index in [4.69, 9.17) is 4.74 Å². The second-order valence-corrected chi connectivity index (χ2v) is 3.46. The number of hydrogen-bond acceptors (Lipinski definition) is 4. The molecule has 2 rings (SSSR count). The van der Waals surface area contributed by atoms with Crippen molar-refractivity contribution >= 4 is 11.9 Å². The number of fused-ring (bicyclic) bond motifs is 1. The van der Waals surface area contributed by atoms with Gasteiger partial charge in [0.1, 0.15) is 13.8 Å². The topological polar surface area (TPSA) is 42.9 Å². The van der Waals surface area contributed by atoms with E-state index in [1.54, 1.807) is 6.21 Å². The van der Waals surface area contributed by atoms with Crippen LogP contribution >= 0.6 is 0 Å². The summed E-state index contributed by atoms with van der Waals surface area (Å²) in [5.41, 5.74) is 4.57. The van der Waals surface area contributed by atoms with Gasteiger partial charge in [-0.25, -0.2) is 0 Å². The first kappa shape index (κ1) is 9.98. The van der Waals surface area contributed by atoms with Crippen molar-refractivity contribution in [1.29, 1.82) is 0 Å². The highest BCUT2D eigenvalue weighted by Crippen LogP contribution is 2.25. The van der Waals surface area contributed by atoms with Gasteiger partial charge in [-0.05, 0) is 30.2 Å². The molecule has 0 saturated carbocycles. The van der Waals surface area contributed by atoms with Crippen LogP contribution in [0.15, 0.2) is 17.3 Å². The zero-order chi connectivity index (χ0) is 10.7. The maximum absolute atomic E-state index is 5.32. The zero-order valence-electron chi connectivity index (χ0n) is 8.91. The predicted octanol–water partition coefficient (Wildman–Crippen LogP) is 1.87. The van der Waals surface area contributed by atoms with Crippen LogP contribution in [-0.2, 0) is 16.2 Å². The molecule has 0 saturated heterocycles. The van der Waals surface area contributed by atoms with Gasteiger partial charge < -0.3 is 14.9 Å². The largest absolute Gasteiger partial charge is 0.399 e. The van der Waals surface area contributed by atoms with Crippen molar-refractivity contribution in [3.8, 4) is 0 Å². The Morgan fingerprint density at radius 2 is 2.40 bits per heavy atom. The lowest BCUT2D eigenvalue weighted by Crippen LogP contribution is -2.15. The maximum Gasteiger partial charge on any atom is 0.116 e. The quantitative estimate of drug-likeness (QED) is 0.593. The van der Waals surface area contributed by atoms with Crippen LogP contribution in [-0.4, -0.2) is 20.1 Å². The Balaban J connectivity index is 2.36. The van der Waals surface area contributed by atoms with Crippen molar-refractivity contribution in [3.05, 3.63) is 28.8 Å². The zero-order valence-corrected chi connectivity index (χ0v) is 8.91. The molecule has 0 radical (unpaired) electrons. The summed E-state index contributed by atoms with van der Waals surface area (Å²) in [6.45, 7) is 3.30. The highest BCUT2D eigenvalue weighted by molar-refractivity contribution is 5.81. The predicted molar refractivity (Wildman–Crippen MR) is 59.1 cm³/mol. The molecule has 80 valence electrons. The van der Waals surface area contributed by atoms with Crippen molar-refractivity contribution in [3.63, 3.8) is 0 Å². The first-order valence-corrected chi connectivity index (χ1v) is 4.83. The lowest BCUT2D eigenvalue weighted by molar-refractivity contribution is 0.130. The first-order valence-electron chi connectivity index (χ1n) is 4.83. The van der Waals surface area contributed by atoms with Gasteiger partial charge in [-0.2, -0.15) is 0 Å². The highest BCUT2D eigenvalue weighted by Gasteiger charge is 2.11. The van der Waals surface area contributed by atoms with E-state index in [2.05, 4.69) is 34.4 Å². The summed E-state index contributed by atoms with van der Waals surface area (Å²) < 4.78 is 5.32. The minimum Gasteiger partial charge on any atom is -0.399 e. The molecule has 0 amide bonds. The molecule has 1 heterocycles. The molecule has 0 aromatic heterocycles. The van der Waals surface area contributed by atoms with E-state index in [9.17, 15) is 0 Å². The molecule has 15 heavy (non-hydrogen) atoms. The second kappa shape index (κ2) is 4.31. The molecule has 1 N–H and O–H groups in total. The fourth-order valence-electron chi connectivity index (χ4n) is 1.73.